The molecular formula is C7H17NO. The normalized spacial score (nSPS) is 17.3. The second-order valence-corrected chi connectivity index (χ2v) is 2.67. The zero-order chi connectivity index (χ0) is 7.33. The van der Waals surface area contributed by atoms with E-state index in [0.29, 0.717) is 0 Å². The number of nitrogens with two attached hydrogens (primary N) is 1. The van der Waals surface area contributed by atoms with Gasteiger partial charge in [0.15, 0.2) is 0 Å². The molecule has 0 saturated carbocycles. The number of hydrogen-bond donors (Lipinski definition) is 1. The molecule has 0 heterocycles. The maximum absolute atomic E-state index is 5.10. The Morgan fingerprint density at radius 2 is 2.00 bits per heavy atom. The summed E-state index contributed by atoms with van der Waals surface area (Å²) in [6.07, 6.45) is 3.15. The molecule has 0 aromatic rings. The molecule has 0 rings (SSSR count). The third-order valence-corrected chi connectivity index (χ3v) is 1.81. The highest BCUT2D eigenvalue weighted by molar-refractivity contribution is 4.70. The van der Waals surface area contributed by atoms with Gasteiger partial charge in [-0.3, -0.25) is 4.84 Å². The van der Waals surface area contributed by atoms with Crippen LogP contribution in [0.5, 0.6) is 0 Å². The Morgan fingerprint density at radius 1 is 1.44 bits per heavy atom. The first kappa shape index (κ1) is 8.92. The smallest absolute Gasteiger partial charge is 0.0863 e. The third kappa shape index (κ3) is 2.82. The zero-order valence-electron chi connectivity index (χ0n) is 6.61. The fraction of sp³-hybridized carbons (Fsp3) is 1.00. The van der Waals surface area contributed by atoms with Crippen LogP contribution in [-0.2, 0) is 4.84 Å². The van der Waals surface area contributed by atoms with Gasteiger partial charge in [0.1, 0.15) is 0 Å². The highest BCUT2D eigenvalue weighted by Crippen LogP contribution is 2.18. The summed E-state index contributed by atoms with van der Waals surface area (Å²) in [6.45, 7) is 6.26. The van der Waals surface area contributed by atoms with Crippen LogP contribution in [0.15, 0.2) is 0 Å². The topological polar surface area (TPSA) is 35.2 Å². The SMILES string of the molecule is CCCC(C)(CC)ON. The molecule has 0 saturated heterocycles. The number of hydrogen-bond acceptors (Lipinski definition) is 2. The van der Waals surface area contributed by atoms with E-state index in [0.717, 1.165) is 19.3 Å². The Kier molecular flexibility index (Phi) is 3.82. The summed E-state index contributed by atoms with van der Waals surface area (Å²) in [7, 11) is 0. The first-order chi connectivity index (χ1) is 4.18. The lowest BCUT2D eigenvalue weighted by molar-refractivity contribution is -0.0430. The molecule has 9 heavy (non-hydrogen) atoms. The highest BCUT2D eigenvalue weighted by Gasteiger charge is 2.19. The first-order valence-electron chi connectivity index (χ1n) is 3.56. The zero-order valence-corrected chi connectivity index (χ0v) is 6.61. The predicted molar refractivity (Wildman–Crippen MR) is 38.9 cm³/mol. The van der Waals surface area contributed by atoms with Crippen LogP contribution in [0, 0.1) is 0 Å². The van der Waals surface area contributed by atoms with Crippen LogP contribution in [0.2, 0.25) is 0 Å². The van der Waals surface area contributed by atoms with E-state index in [1.165, 1.54) is 0 Å². The van der Waals surface area contributed by atoms with Gasteiger partial charge in [0.2, 0.25) is 0 Å². The first-order valence-corrected chi connectivity index (χ1v) is 3.56. The summed E-state index contributed by atoms with van der Waals surface area (Å²) < 4.78 is 0. The maximum atomic E-state index is 5.10. The molecule has 0 aromatic carbocycles. The minimum Gasteiger partial charge on any atom is -0.298 e. The van der Waals surface area contributed by atoms with E-state index in [2.05, 4.69) is 13.8 Å². The van der Waals surface area contributed by atoms with Crippen molar-refractivity contribution in [3.63, 3.8) is 0 Å². The second kappa shape index (κ2) is 3.85. The minimum absolute atomic E-state index is 0.0885. The van der Waals surface area contributed by atoms with Crippen LogP contribution < -0.4 is 5.90 Å². The summed E-state index contributed by atoms with van der Waals surface area (Å²) in [5.41, 5.74) is -0.0885. The van der Waals surface area contributed by atoms with Crippen LogP contribution in [0.25, 0.3) is 0 Å². The molecule has 0 fully saturated rings. The molecule has 0 bridgehead atoms. The molecule has 2 nitrogen and oxygen atoms in total. The van der Waals surface area contributed by atoms with Gasteiger partial charge in [-0.25, -0.2) is 5.90 Å². The van der Waals surface area contributed by atoms with Crippen LogP contribution in [0.3, 0.4) is 0 Å². The molecule has 0 aromatic heterocycles. The summed E-state index contributed by atoms with van der Waals surface area (Å²) in [6, 6.07) is 0. The molecule has 2 N–H and O–H groups in total. The lowest BCUT2D eigenvalue weighted by Crippen LogP contribution is -2.30. The molecule has 0 spiro atoms. The number of rotatable bonds is 4. The largest absolute Gasteiger partial charge is 0.298 e. The van der Waals surface area contributed by atoms with Crippen LogP contribution in [-0.4, -0.2) is 5.60 Å². The Morgan fingerprint density at radius 3 is 2.11 bits per heavy atom. The minimum atomic E-state index is -0.0885. The van der Waals surface area contributed by atoms with Crippen molar-refractivity contribution >= 4 is 0 Å². The van der Waals surface area contributed by atoms with Crippen LogP contribution in [0.1, 0.15) is 40.0 Å². The molecule has 1 atom stereocenters. The van der Waals surface area contributed by atoms with Crippen molar-refractivity contribution in [2.24, 2.45) is 5.90 Å². The molecule has 1 unspecified atom stereocenters. The summed E-state index contributed by atoms with van der Waals surface area (Å²) in [5.74, 6) is 5.10. The van der Waals surface area contributed by atoms with Gasteiger partial charge in [0, 0.05) is 0 Å². The van der Waals surface area contributed by atoms with E-state index in [9.17, 15) is 0 Å². The van der Waals surface area contributed by atoms with E-state index < -0.39 is 0 Å². The molecule has 56 valence electrons. The van der Waals surface area contributed by atoms with E-state index in [1.807, 2.05) is 6.92 Å². The van der Waals surface area contributed by atoms with E-state index in [-0.39, 0.29) is 5.60 Å². The van der Waals surface area contributed by atoms with Crippen LogP contribution in [0.4, 0.5) is 0 Å². The van der Waals surface area contributed by atoms with Crippen LogP contribution >= 0.6 is 0 Å². The van der Waals surface area contributed by atoms with Gasteiger partial charge in [-0.15, -0.1) is 0 Å². The molecule has 0 amide bonds. The standard InChI is InChI=1S/C7H17NO/c1-4-6-7(3,5-2)9-8/h4-6,8H2,1-3H3. The molecule has 2 heteroatoms. The van der Waals surface area contributed by atoms with E-state index >= 15 is 0 Å². The Balaban J connectivity index is 3.62. The molecule has 0 aliphatic carbocycles. The van der Waals surface area contributed by atoms with Gasteiger partial charge >= 0.3 is 0 Å². The highest BCUT2D eigenvalue weighted by atomic mass is 16.6. The summed E-state index contributed by atoms with van der Waals surface area (Å²) in [5, 5.41) is 0. The van der Waals surface area contributed by atoms with Gasteiger partial charge in [0.05, 0.1) is 5.60 Å². The lowest BCUT2D eigenvalue weighted by atomic mass is 9.98. The summed E-state index contributed by atoms with van der Waals surface area (Å²) >= 11 is 0. The maximum Gasteiger partial charge on any atom is 0.0863 e. The van der Waals surface area contributed by atoms with Crippen molar-refractivity contribution in [1.82, 2.24) is 0 Å². The molecule has 0 aliphatic rings. The summed E-state index contributed by atoms with van der Waals surface area (Å²) in [4.78, 5) is 4.83. The third-order valence-electron chi connectivity index (χ3n) is 1.81. The second-order valence-electron chi connectivity index (χ2n) is 2.67. The Bertz CT molecular complexity index is 69.3. The van der Waals surface area contributed by atoms with Crippen molar-refractivity contribution in [1.29, 1.82) is 0 Å². The van der Waals surface area contributed by atoms with Crippen molar-refractivity contribution in [3.8, 4) is 0 Å². The van der Waals surface area contributed by atoms with Crippen molar-refractivity contribution < 1.29 is 4.84 Å². The van der Waals surface area contributed by atoms with Gasteiger partial charge in [-0.1, -0.05) is 20.3 Å². The average Bonchev–Trinajstić information content (AvgIpc) is 1.89. The van der Waals surface area contributed by atoms with E-state index in [1.54, 1.807) is 0 Å². The van der Waals surface area contributed by atoms with Gasteiger partial charge in [0.25, 0.3) is 0 Å². The van der Waals surface area contributed by atoms with E-state index in [4.69, 9.17) is 10.7 Å². The van der Waals surface area contributed by atoms with Gasteiger partial charge < -0.3 is 0 Å². The molecule has 0 aliphatic heterocycles. The van der Waals surface area contributed by atoms with Gasteiger partial charge in [-0.05, 0) is 19.8 Å². The Hall–Kier alpha value is -0.0800. The quantitative estimate of drug-likeness (QED) is 0.591. The average molecular weight is 131 g/mol. The molecular weight excluding hydrogens is 114 g/mol. The fourth-order valence-electron chi connectivity index (χ4n) is 0.848. The van der Waals surface area contributed by atoms with Crippen molar-refractivity contribution in [2.75, 3.05) is 0 Å². The van der Waals surface area contributed by atoms with Gasteiger partial charge in [-0.2, -0.15) is 0 Å². The Labute approximate surface area is 57.3 Å². The monoisotopic (exact) mass is 131 g/mol. The molecule has 0 radical (unpaired) electrons. The van der Waals surface area contributed by atoms with Crippen molar-refractivity contribution in [3.05, 3.63) is 0 Å². The predicted octanol–water partition coefficient (Wildman–Crippen LogP) is 1.85. The van der Waals surface area contributed by atoms with Crippen molar-refractivity contribution in [2.45, 2.75) is 45.6 Å². The fourth-order valence-corrected chi connectivity index (χ4v) is 0.848. The lowest BCUT2D eigenvalue weighted by Gasteiger charge is -2.24.